The lowest BCUT2D eigenvalue weighted by atomic mass is 9.99. The SMILES string of the molecule is Cc1cc(N2CCCOC[C@@H]2c2cc(C(O)C(F)(F)F)ccc2Cl)nc(N)n1. The van der Waals surface area contributed by atoms with Crippen LogP contribution in [-0.4, -0.2) is 41.0 Å². The maximum Gasteiger partial charge on any atom is 0.418 e. The third-order valence-electron chi connectivity index (χ3n) is 4.50. The van der Waals surface area contributed by atoms with Gasteiger partial charge in [0.2, 0.25) is 5.95 Å². The second kappa shape index (κ2) is 8.10. The van der Waals surface area contributed by atoms with Crippen LogP contribution in [0.25, 0.3) is 0 Å². The molecule has 3 rings (SSSR count). The Morgan fingerprint density at radius 2 is 2.07 bits per heavy atom. The number of anilines is 2. The van der Waals surface area contributed by atoms with Crippen LogP contribution in [0.1, 0.15) is 35.4 Å². The van der Waals surface area contributed by atoms with Crippen molar-refractivity contribution in [1.82, 2.24) is 9.97 Å². The highest BCUT2D eigenvalue weighted by molar-refractivity contribution is 6.31. The van der Waals surface area contributed by atoms with Crippen molar-refractivity contribution in [2.24, 2.45) is 0 Å². The Kier molecular flexibility index (Phi) is 5.97. The van der Waals surface area contributed by atoms with Gasteiger partial charge in [-0.2, -0.15) is 18.2 Å². The van der Waals surface area contributed by atoms with Crippen LogP contribution in [0.5, 0.6) is 0 Å². The summed E-state index contributed by atoms with van der Waals surface area (Å²) in [6.07, 6.45) is -6.68. The lowest BCUT2D eigenvalue weighted by Crippen LogP contribution is -2.32. The molecule has 0 bridgehead atoms. The van der Waals surface area contributed by atoms with Gasteiger partial charge in [-0.15, -0.1) is 0 Å². The minimum Gasteiger partial charge on any atom is -0.379 e. The maximum atomic E-state index is 13.0. The molecule has 0 aliphatic carbocycles. The van der Waals surface area contributed by atoms with Crippen molar-refractivity contribution in [3.63, 3.8) is 0 Å². The number of aliphatic hydroxyl groups is 1. The van der Waals surface area contributed by atoms with Crippen LogP contribution in [0.4, 0.5) is 24.9 Å². The summed E-state index contributed by atoms with van der Waals surface area (Å²) in [5.74, 6) is 0.643. The Hall–Kier alpha value is -2.10. The van der Waals surface area contributed by atoms with Gasteiger partial charge in [-0.25, -0.2) is 4.98 Å². The molecule has 1 aromatic heterocycles. The molecule has 0 radical (unpaired) electrons. The van der Waals surface area contributed by atoms with E-state index in [9.17, 15) is 18.3 Å². The maximum absolute atomic E-state index is 13.0. The Morgan fingerprint density at radius 3 is 2.75 bits per heavy atom. The predicted molar refractivity (Wildman–Crippen MR) is 99.2 cm³/mol. The van der Waals surface area contributed by atoms with Crippen molar-refractivity contribution < 1.29 is 23.0 Å². The zero-order valence-electron chi connectivity index (χ0n) is 15.1. The number of rotatable bonds is 3. The molecule has 1 saturated heterocycles. The summed E-state index contributed by atoms with van der Waals surface area (Å²) >= 11 is 6.31. The Labute approximate surface area is 165 Å². The largest absolute Gasteiger partial charge is 0.418 e. The number of aromatic nitrogens is 2. The first-order valence-electron chi connectivity index (χ1n) is 8.66. The summed E-state index contributed by atoms with van der Waals surface area (Å²) in [5.41, 5.74) is 6.57. The second-order valence-corrected chi connectivity index (χ2v) is 7.00. The van der Waals surface area contributed by atoms with Crippen molar-refractivity contribution in [2.45, 2.75) is 31.7 Å². The molecule has 1 aliphatic heterocycles. The van der Waals surface area contributed by atoms with Crippen molar-refractivity contribution >= 4 is 23.4 Å². The van der Waals surface area contributed by atoms with Crippen molar-refractivity contribution in [3.8, 4) is 0 Å². The molecular formula is C18H20ClF3N4O2. The van der Waals surface area contributed by atoms with E-state index in [0.29, 0.717) is 36.6 Å². The minimum atomic E-state index is -4.77. The van der Waals surface area contributed by atoms with Gasteiger partial charge in [0.05, 0.1) is 12.6 Å². The van der Waals surface area contributed by atoms with Crippen LogP contribution in [0.15, 0.2) is 24.3 Å². The first-order chi connectivity index (χ1) is 13.2. The number of hydrogen-bond acceptors (Lipinski definition) is 6. The highest BCUT2D eigenvalue weighted by Gasteiger charge is 2.40. The Morgan fingerprint density at radius 1 is 1.32 bits per heavy atom. The van der Waals surface area contributed by atoms with Gasteiger partial charge in [0, 0.05) is 29.9 Å². The lowest BCUT2D eigenvalue weighted by molar-refractivity contribution is -0.206. The number of aliphatic hydroxyl groups excluding tert-OH is 1. The molecule has 1 unspecified atom stereocenters. The third-order valence-corrected chi connectivity index (χ3v) is 4.84. The van der Waals surface area contributed by atoms with Crippen LogP contribution in [0.2, 0.25) is 5.02 Å². The molecular weight excluding hydrogens is 397 g/mol. The van der Waals surface area contributed by atoms with Gasteiger partial charge in [0.25, 0.3) is 0 Å². The number of ether oxygens (including phenoxy) is 1. The van der Waals surface area contributed by atoms with Crippen molar-refractivity contribution in [2.75, 3.05) is 30.4 Å². The molecule has 2 atom stereocenters. The molecule has 1 fully saturated rings. The lowest BCUT2D eigenvalue weighted by Gasteiger charge is -2.32. The average Bonchev–Trinajstić information content (AvgIpc) is 2.86. The standard InChI is InChI=1S/C18H20ClF3N4O2/c1-10-7-15(25-17(23)24-10)26-5-2-6-28-9-14(26)12-8-11(3-4-13(12)19)16(27)18(20,21)22/h3-4,7-8,14,16,27H,2,5-6,9H2,1H3,(H2,23,24,25)/t14-,16?/m1/s1. The number of nitrogens with two attached hydrogens (primary N) is 1. The fourth-order valence-electron chi connectivity index (χ4n) is 3.21. The summed E-state index contributed by atoms with van der Waals surface area (Å²) in [6.45, 7) is 3.02. The topological polar surface area (TPSA) is 84.5 Å². The van der Waals surface area contributed by atoms with Crippen LogP contribution < -0.4 is 10.6 Å². The summed E-state index contributed by atoms with van der Waals surface area (Å²) in [7, 11) is 0. The first kappa shape index (κ1) is 20.6. The molecule has 3 N–H and O–H groups in total. The van der Waals surface area contributed by atoms with E-state index in [1.165, 1.54) is 18.2 Å². The number of alkyl halides is 3. The van der Waals surface area contributed by atoms with Crippen LogP contribution in [0.3, 0.4) is 0 Å². The van der Waals surface area contributed by atoms with Crippen LogP contribution in [0, 0.1) is 6.92 Å². The van der Waals surface area contributed by atoms with Gasteiger partial charge >= 0.3 is 6.18 Å². The Balaban J connectivity index is 2.05. The van der Waals surface area contributed by atoms with E-state index in [4.69, 9.17) is 22.1 Å². The molecule has 6 nitrogen and oxygen atoms in total. The summed E-state index contributed by atoms with van der Waals surface area (Å²) in [4.78, 5) is 10.2. The molecule has 152 valence electrons. The van der Waals surface area contributed by atoms with Gasteiger partial charge < -0.3 is 20.5 Å². The molecule has 0 saturated carbocycles. The van der Waals surface area contributed by atoms with E-state index in [0.717, 1.165) is 0 Å². The molecule has 10 heteroatoms. The third kappa shape index (κ3) is 4.48. The number of benzene rings is 1. The quantitative estimate of drug-likeness (QED) is 0.795. The molecule has 1 aliphatic rings. The van der Waals surface area contributed by atoms with E-state index >= 15 is 0 Å². The highest BCUT2D eigenvalue weighted by atomic mass is 35.5. The first-order valence-corrected chi connectivity index (χ1v) is 9.04. The number of aryl methyl sites for hydroxylation is 1. The highest BCUT2D eigenvalue weighted by Crippen LogP contribution is 2.38. The minimum absolute atomic E-state index is 0.103. The van der Waals surface area contributed by atoms with E-state index < -0.39 is 18.3 Å². The van der Waals surface area contributed by atoms with Gasteiger partial charge in [-0.05, 0) is 36.6 Å². The van der Waals surface area contributed by atoms with Crippen LogP contribution in [-0.2, 0) is 4.74 Å². The summed E-state index contributed by atoms with van der Waals surface area (Å²) < 4.78 is 44.5. The summed E-state index contributed by atoms with van der Waals surface area (Å²) in [6, 6.07) is 5.04. The van der Waals surface area contributed by atoms with E-state index in [2.05, 4.69) is 9.97 Å². The smallest absolute Gasteiger partial charge is 0.379 e. The molecule has 28 heavy (non-hydrogen) atoms. The van der Waals surface area contributed by atoms with Gasteiger partial charge in [-0.3, -0.25) is 0 Å². The number of nitrogen functional groups attached to an aromatic ring is 1. The number of halogens is 4. The van der Waals surface area contributed by atoms with E-state index in [1.54, 1.807) is 13.0 Å². The van der Waals surface area contributed by atoms with E-state index in [-0.39, 0.29) is 23.1 Å². The van der Waals surface area contributed by atoms with E-state index in [1.807, 2.05) is 4.90 Å². The molecule has 0 spiro atoms. The monoisotopic (exact) mass is 416 g/mol. The summed E-state index contributed by atoms with van der Waals surface area (Å²) in [5, 5.41) is 9.91. The molecule has 2 heterocycles. The zero-order chi connectivity index (χ0) is 20.5. The molecule has 0 amide bonds. The number of nitrogens with zero attached hydrogens (tertiary/aromatic N) is 3. The van der Waals surface area contributed by atoms with Gasteiger partial charge in [0.1, 0.15) is 5.82 Å². The van der Waals surface area contributed by atoms with Gasteiger partial charge in [-0.1, -0.05) is 17.7 Å². The predicted octanol–water partition coefficient (Wildman–Crippen LogP) is 3.58. The number of hydrogen-bond donors (Lipinski definition) is 2. The van der Waals surface area contributed by atoms with Crippen LogP contribution >= 0.6 is 11.6 Å². The zero-order valence-corrected chi connectivity index (χ0v) is 15.8. The fraction of sp³-hybridized carbons (Fsp3) is 0.444. The van der Waals surface area contributed by atoms with Gasteiger partial charge in [0.15, 0.2) is 6.10 Å². The molecule has 1 aromatic carbocycles. The second-order valence-electron chi connectivity index (χ2n) is 6.59. The van der Waals surface area contributed by atoms with Crippen molar-refractivity contribution in [1.29, 1.82) is 0 Å². The molecule has 2 aromatic rings. The van der Waals surface area contributed by atoms with Crippen molar-refractivity contribution in [3.05, 3.63) is 46.1 Å². The average molecular weight is 417 g/mol. The Bertz CT molecular complexity index is 830. The normalized spacial score (nSPS) is 19.4. The fourth-order valence-corrected chi connectivity index (χ4v) is 3.45.